The SMILES string of the molecule is CCCCNC(=S)Nc1cccc(S(=O)(=O)N2CCOCC2)c1. The van der Waals surface area contributed by atoms with Crippen molar-refractivity contribution in [2.24, 2.45) is 0 Å². The zero-order valence-corrected chi connectivity index (χ0v) is 14.9. The van der Waals surface area contributed by atoms with E-state index >= 15 is 0 Å². The topological polar surface area (TPSA) is 70.7 Å². The number of benzene rings is 1. The molecule has 1 heterocycles. The third-order valence-corrected chi connectivity index (χ3v) is 5.66. The van der Waals surface area contributed by atoms with Crippen molar-refractivity contribution >= 4 is 33.0 Å². The van der Waals surface area contributed by atoms with Gasteiger partial charge in [-0.05, 0) is 36.8 Å². The molecule has 2 N–H and O–H groups in total. The van der Waals surface area contributed by atoms with Crippen LogP contribution in [0.2, 0.25) is 0 Å². The van der Waals surface area contributed by atoms with Crippen molar-refractivity contribution in [1.29, 1.82) is 0 Å². The Kier molecular flexibility index (Phi) is 6.76. The van der Waals surface area contributed by atoms with Gasteiger partial charge < -0.3 is 15.4 Å². The van der Waals surface area contributed by atoms with Gasteiger partial charge in [0, 0.05) is 25.3 Å². The van der Waals surface area contributed by atoms with Gasteiger partial charge >= 0.3 is 0 Å². The second kappa shape index (κ2) is 8.58. The fraction of sp³-hybridized carbons (Fsp3) is 0.533. The Morgan fingerprint density at radius 2 is 2.09 bits per heavy atom. The number of hydrogen-bond acceptors (Lipinski definition) is 4. The molecule has 6 nitrogen and oxygen atoms in total. The molecule has 0 aromatic heterocycles. The molecule has 1 saturated heterocycles. The summed E-state index contributed by atoms with van der Waals surface area (Å²) in [6.45, 7) is 4.55. The quantitative estimate of drug-likeness (QED) is 0.598. The lowest BCUT2D eigenvalue weighted by Crippen LogP contribution is -2.40. The minimum atomic E-state index is -3.49. The molecule has 1 fully saturated rings. The molecule has 1 aromatic carbocycles. The third-order valence-electron chi connectivity index (χ3n) is 3.52. The van der Waals surface area contributed by atoms with Crippen LogP contribution in [0.3, 0.4) is 0 Å². The van der Waals surface area contributed by atoms with Crippen molar-refractivity contribution in [3.63, 3.8) is 0 Å². The number of unbranched alkanes of at least 4 members (excludes halogenated alkanes) is 1. The molecule has 2 rings (SSSR count). The molecule has 0 unspecified atom stereocenters. The summed E-state index contributed by atoms with van der Waals surface area (Å²) in [7, 11) is -3.49. The van der Waals surface area contributed by atoms with Crippen molar-refractivity contribution in [3.8, 4) is 0 Å². The molecular formula is C15H23N3O3S2. The molecule has 0 spiro atoms. The molecule has 0 amide bonds. The summed E-state index contributed by atoms with van der Waals surface area (Å²) < 4.78 is 31.9. The monoisotopic (exact) mass is 357 g/mol. The molecule has 1 aliphatic rings. The first-order chi connectivity index (χ1) is 11.0. The number of sulfonamides is 1. The zero-order valence-electron chi connectivity index (χ0n) is 13.2. The maximum absolute atomic E-state index is 12.6. The normalized spacial score (nSPS) is 16.0. The van der Waals surface area contributed by atoms with Crippen LogP contribution in [-0.4, -0.2) is 50.7 Å². The molecular weight excluding hydrogens is 334 g/mol. The zero-order chi connectivity index (χ0) is 16.7. The van der Waals surface area contributed by atoms with Crippen LogP contribution in [0, 0.1) is 0 Å². The van der Waals surface area contributed by atoms with Gasteiger partial charge in [-0.25, -0.2) is 8.42 Å². The predicted molar refractivity (Wildman–Crippen MR) is 95.2 cm³/mol. The van der Waals surface area contributed by atoms with Gasteiger partial charge in [-0.15, -0.1) is 0 Å². The number of rotatable bonds is 6. The van der Waals surface area contributed by atoms with Crippen molar-refractivity contribution in [2.75, 3.05) is 38.2 Å². The summed E-state index contributed by atoms with van der Waals surface area (Å²) in [4.78, 5) is 0.265. The van der Waals surface area contributed by atoms with Gasteiger partial charge in [-0.1, -0.05) is 19.4 Å². The number of thiocarbonyl (C=S) groups is 1. The first kappa shape index (κ1) is 18.1. The van der Waals surface area contributed by atoms with Crippen molar-refractivity contribution in [1.82, 2.24) is 9.62 Å². The van der Waals surface area contributed by atoms with Crippen LogP contribution >= 0.6 is 12.2 Å². The van der Waals surface area contributed by atoms with E-state index in [-0.39, 0.29) is 4.90 Å². The Morgan fingerprint density at radius 3 is 2.78 bits per heavy atom. The summed E-state index contributed by atoms with van der Waals surface area (Å²) in [5, 5.41) is 6.63. The fourth-order valence-electron chi connectivity index (χ4n) is 2.22. The molecule has 0 aliphatic carbocycles. The standard InChI is InChI=1S/C15H23N3O3S2/c1-2-3-7-16-15(22)17-13-5-4-6-14(12-13)23(19,20)18-8-10-21-11-9-18/h4-6,12H,2-3,7-11H2,1H3,(H2,16,17,22). The van der Waals surface area contributed by atoms with Crippen molar-refractivity contribution in [2.45, 2.75) is 24.7 Å². The summed E-state index contributed by atoms with van der Waals surface area (Å²) in [6, 6.07) is 6.72. The van der Waals surface area contributed by atoms with E-state index < -0.39 is 10.0 Å². The summed E-state index contributed by atoms with van der Waals surface area (Å²) in [6.07, 6.45) is 2.12. The van der Waals surface area contributed by atoms with E-state index in [2.05, 4.69) is 17.6 Å². The minimum absolute atomic E-state index is 0.265. The average molecular weight is 358 g/mol. The molecule has 1 aromatic rings. The van der Waals surface area contributed by atoms with Crippen molar-refractivity contribution in [3.05, 3.63) is 24.3 Å². The molecule has 128 valence electrons. The first-order valence-corrected chi connectivity index (χ1v) is 9.61. The van der Waals surface area contributed by atoms with E-state index in [1.54, 1.807) is 24.3 Å². The summed E-state index contributed by atoms with van der Waals surface area (Å²) in [5.74, 6) is 0. The Hall–Kier alpha value is -1.22. The van der Waals surface area contributed by atoms with Crippen LogP contribution in [-0.2, 0) is 14.8 Å². The lowest BCUT2D eigenvalue weighted by atomic mass is 10.3. The second-order valence-corrected chi connectivity index (χ2v) is 7.62. The fourth-order valence-corrected chi connectivity index (χ4v) is 3.90. The largest absolute Gasteiger partial charge is 0.379 e. The second-order valence-electron chi connectivity index (χ2n) is 5.28. The van der Waals surface area contributed by atoms with Gasteiger partial charge in [0.05, 0.1) is 18.1 Å². The van der Waals surface area contributed by atoms with Crippen LogP contribution in [0.1, 0.15) is 19.8 Å². The lowest BCUT2D eigenvalue weighted by molar-refractivity contribution is 0.0730. The number of hydrogen-bond donors (Lipinski definition) is 2. The summed E-state index contributed by atoms with van der Waals surface area (Å²) in [5.41, 5.74) is 0.660. The van der Waals surface area contributed by atoms with Crippen LogP contribution in [0.25, 0.3) is 0 Å². The van der Waals surface area contributed by atoms with E-state index in [4.69, 9.17) is 17.0 Å². The Labute approximate surface area is 143 Å². The number of ether oxygens (including phenoxy) is 1. The molecule has 8 heteroatoms. The Morgan fingerprint density at radius 1 is 1.35 bits per heavy atom. The molecule has 0 radical (unpaired) electrons. The van der Waals surface area contributed by atoms with Crippen molar-refractivity contribution < 1.29 is 13.2 Å². The maximum Gasteiger partial charge on any atom is 0.243 e. The average Bonchev–Trinajstić information content (AvgIpc) is 2.56. The highest BCUT2D eigenvalue weighted by molar-refractivity contribution is 7.89. The van der Waals surface area contributed by atoms with Crippen LogP contribution in [0.5, 0.6) is 0 Å². The number of nitrogens with one attached hydrogen (secondary N) is 2. The highest BCUT2D eigenvalue weighted by atomic mass is 32.2. The molecule has 23 heavy (non-hydrogen) atoms. The molecule has 0 atom stereocenters. The molecule has 0 bridgehead atoms. The van der Waals surface area contributed by atoms with Crippen LogP contribution in [0.15, 0.2) is 29.2 Å². The highest BCUT2D eigenvalue weighted by Crippen LogP contribution is 2.20. The highest BCUT2D eigenvalue weighted by Gasteiger charge is 2.26. The number of nitrogens with zero attached hydrogens (tertiary/aromatic N) is 1. The van der Waals surface area contributed by atoms with E-state index in [1.807, 2.05) is 0 Å². The van der Waals surface area contributed by atoms with Gasteiger partial charge in [0.25, 0.3) is 0 Å². The van der Waals surface area contributed by atoms with Gasteiger partial charge in [0.15, 0.2) is 5.11 Å². The Balaban J connectivity index is 2.05. The summed E-state index contributed by atoms with van der Waals surface area (Å²) >= 11 is 5.21. The van der Waals surface area contributed by atoms with Crippen LogP contribution < -0.4 is 10.6 Å². The molecule has 0 saturated carbocycles. The lowest BCUT2D eigenvalue weighted by Gasteiger charge is -2.26. The van der Waals surface area contributed by atoms with Crippen LogP contribution in [0.4, 0.5) is 5.69 Å². The Bertz CT molecular complexity index is 629. The third kappa shape index (κ3) is 5.13. The van der Waals surface area contributed by atoms with E-state index in [0.717, 1.165) is 19.4 Å². The first-order valence-electron chi connectivity index (χ1n) is 7.77. The number of morpholine rings is 1. The van der Waals surface area contributed by atoms with Gasteiger partial charge in [-0.3, -0.25) is 0 Å². The molecule has 1 aliphatic heterocycles. The maximum atomic E-state index is 12.6. The van der Waals surface area contributed by atoms with E-state index in [0.29, 0.717) is 37.1 Å². The van der Waals surface area contributed by atoms with E-state index in [1.165, 1.54) is 4.31 Å². The van der Waals surface area contributed by atoms with Gasteiger partial charge in [-0.2, -0.15) is 4.31 Å². The number of anilines is 1. The van der Waals surface area contributed by atoms with Gasteiger partial charge in [0.2, 0.25) is 10.0 Å². The minimum Gasteiger partial charge on any atom is -0.379 e. The predicted octanol–water partition coefficient (Wildman–Crippen LogP) is 1.79. The van der Waals surface area contributed by atoms with E-state index in [9.17, 15) is 8.42 Å². The van der Waals surface area contributed by atoms with Gasteiger partial charge in [0.1, 0.15) is 0 Å². The smallest absolute Gasteiger partial charge is 0.243 e.